The molecule has 0 saturated heterocycles. The van der Waals surface area contributed by atoms with Gasteiger partial charge < -0.3 is 10.4 Å². The van der Waals surface area contributed by atoms with E-state index in [0.717, 1.165) is 11.3 Å². The van der Waals surface area contributed by atoms with E-state index in [2.05, 4.69) is 10.3 Å². The largest absolute Gasteiger partial charge is 0.394 e. The molecule has 0 aliphatic rings. The summed E-state index contributed by atoms with van der Waals surface area (Å²) in [6, 6.07) is 14.7. The molecule has 2 rings (SSSR count). The maximum absolute atomic E-state index is 11.9. The van der Waals surface area contributed by atoms with E-state index in [0.29, 0.717) is 12.8 Å². The zero-order chi connectivity index (χ0) is 14.2. The van der Waals surface area contributed by atoms with E-state index in [1.54, 1.807) is 6.20 Å². The van der Waals surface area contributed by atoms with Gasteiger partial charge in [0.05, 0.1) is 12.6 Å². The molecule has 0 bridgehead atoms. The molecule has 2 aromatic rings. The van der Waals surface area contributed by atoms with E-state index in [1.165, 1.54) is 0 Å². The molecule has 4 nitrogen and oxygen atoms in total. The van der Waals surface area contributed by atoms with Gasteiger partial charge in [-0.2, -0.15) is 0 Å². The monoisotopic (exact) mass is 270 g/mol. The average Bonchev–Trinajstić information content (AvgIpc) is 2.52. The highest BCUT2D eigenvalue weighted by Crippen LogP contribution is 2.12. The smallest absolute Gasteiger partial charge is 0.220 e. The van der Waals surface area contributed by atoms with E-state index in [4.69, 9.17) is 0 Å². The fraction of sp³-hybridized carbons (Fsp3) is 0.250. The van der Waals surface area contributed by atoms with E-state index in [-0.39, 0.29) is 18.6 Å². The number of aryl methyl sites for hydroxylation is 1. The minimum absolute atomic E-state index is 0.0847. The maximum atomic E-state index is 11.9. The number of carbonyl (C=O) groups is 1. The molecule has 0 aliphatic carbocycles. The Hall–Kier alpha value is -2.20. The van der Waals surface area contributed by atoms with Gasteiger partial charge in [0.1, 0.15) is 0 Å². The molecule has 0 spiro atoms. The molecule has 4 heteroatoms. The zero-order valence-corrected chi connectivity index (χ0v) is 11.2. The number of aliphatic hydroxyl groups excluding tert-OH is 1. The normalized spacial score (nSPS) is 11.8. The quantitative estimate of drug-likeness (QED) is 0.842. The number of carbonyl (C=O) groups excluding carboxylic acids is 1. The van der Waals surface area contributed by atoms with Crippen molar-refractivity contribution >= 4 is 5.91 Å². The zero-order valence-electron chi connectivity index (χ0n) is 11.2. The molecule has 0 fully saturated rings. The highest BCUT2D eigenvalue weighted by molar-refractivity contribution is 5.76. The lowest BCUT2D eigenvalue weighted by Gasteiger charge is -2.16. The molecule has 1 heterocycles. The van der Waals surface area contributed by atoms with E-state index in [1.807, 2.05) is 48.5 Å². The number of rotatable bonds is 6. The van der Waals surface area contributed by atoms with E-state index >= 15 is 0 Å². The van der Waals surface area contributed by atoms with Gasteiger partial charge in [0, 0.05) is 18.3 Å². The van der Waals surface area contributed by atoms with Gasteiger partial charge >= 0.3 is 0 Å². The van der Waals surface area contributed by atoms with Crippen LogP contribution in [0, 0.1) is 0 Å². The second-order valence-electron chi connectivity index (χ2n) is 4.53. The first kappa shape index (κ1) is 14.2. The third kappa shape index (κ3) is 4.17. The Kier molecular flexibility index (Phi) is 5.26. The van der Waals surface area contributed by atoms with Crippen molar-refractivity contribution in [1.29, 1.82) is 0 Å². The van der Waals surface area contributed by atoms with Crippen LogP contribution in [0.4, 0.5) is 0 Å². The van der Waals surface area contributed by atoms with Crippen molar-refractivity contribution in [3.63, 3.8) is 0 Å². The molecule has 1 amide bonds. The Bertz CT molecular complexity index is 529. The van der Waals surface area contributed by atoms with Gasteiger partial charge in [0.2, 0.25) is 5.91 Å². The van der Waals surface area contributed by atoms with Crippen molar-refractivity contribution in [3.8, 4) is 0 Å². The van der Waals surface area contributed by atoms with Gasteiger partial charge in [-0.05, 0) is 24.1 Å². The van der Waals surface area contributed by atoms with Crippen LogP contribution in [0.25, 0.3) is 0 Å². The molecular formula is C16H18N2O2. The molecule has 0 saturated carbocycles. The molecule has 2 N–H and O–H groups in total. The first-order chi connectivity index (χ1) is 9.79. The Morgan fingerprint density at radius 2 is 1.90 bits per heavy atom. The number of hydrogen-bond donors (Lipinski definition) is 2. The van der Waals surface area contributed by atoms with Crippen molar-refractivity contribution in [1.82, 2.24) is 10.3 Å². The standard InChI is InChI=1S/C16H18N2O2/c19-12-15(13-6-2-1-3-7-13)18-16(20)10-9-14-8-4-5-11-17-14/h1-8,11,15,19H,9-10,12H2,(H,18,20). The van der Waals surface area contributed by atoms with Crippen molar-refractivity contribution in [3.05, 3.63) is 66.0 Å². The molecule has 104 valence electrons. The molecule has 0 aliphatic heterocycles. The fourth-order valence-corrected chi connectivity index (χ4v) is 1.97. The van der Waals surface area contributed by atoms with Gasteiger partial charge in [0.15, 0.2) is 0 Å². The summed E-state index contributed by atoms with van der Waals surface area (Å²) in [6.45, 7) is -0.112. The number of amides is 1. The van der Waals surface area contributed by atoms with Gasteiger partial charge in [-0.25, -0.2) is 0 Å². The molecule has 1 aromatic heterocycles. The highest BCUT2D eigenvalue weighted by atomic mass is 16.3. The highest BCUT2D eigenvalue weighted by Gasteiger charge is 2.13. The first-order valence-corrected chi connectivity index (χ1v) is 6.64. The van der Waals surface area contributed by atoms with Gasteiger partial charge in [-0.1, -0.05) is 36.4 Å². The molecule has 1 aromatic carbocycles. The molecule has 1 atom stereocenters. The average molecular weight is 270 g/mol. The molecular weight excluding hydrogens is 252 g/mol. The van der Waals surface area contributed by atoms with Gasteiger partial charge in [0.25, 0.3) is 0 Å². The predicted molar refractivity (Wildman–Crippen MR) is 77.0 cm³/mol. The fourth-order valence-electron chi connectivity index (χ4n) is 1.97. The second-order valence-corrected chi connectivity index (χ2v) is 4.53. The summed E-state index contributed by atoms with van der Waals surface area (Å²) >= 11 is 0. The summed E-state index contributed by atoms with van der Waals surface area (Å²) in [7, 11) is 0. The summed E-state index contributed by atoms with van der Waals surface area (Å²) in [6.07, 6.45) is 2.67. The van der Waals surface area contributed by atoms with Crippen LogP contribution in [-0.2, 0) is 11.2 Å². The van der Waals surface area contributed by atoms with Crippen molar-refractivity contribution in [2.75, 3.05) is 6.61 Å². The first-order valence-electron chi connectivity index (χ1n) is 6.64. The van der Waals surface area contributed by atoms with Crippen LogP contribution in [0.1, 0.15) is 23.7 Å². The second kappa shape index (κ2) is 7.40. The van der Waals surface area contributed by atoms with Crippen LogP contribution in [0.2, 0.25) is 0 Å². The van der Waals surface area contributed by atoms with Crippen LogP contribution in [0.3, 0.4) is 0 Å². The lowest BCUT2D eigenvalue weighted by atomic mass is 10.1. The summed E-state index contributed by atoms with van der Waals surface area (Å²) in [4.78, 5) is 16.1. The van der Waals surface area contributed by atoms with Crippen molar-refractivity contribution in [2.45, 2.75) is 18.9 Å². The van der Waals surface area contributed by atoms with E-state index < -0.39 is 0 Å². The van der Waals surface area contributed by atoms with Gasteiger partial charge in [-0.3, -0.25) is 9.78 Å². The lowest BCUT2D eigenvalue weighted by molar-refractivity contribution is -0.122. The van der Waals surface area contributed by atoms with Crippen molar-refractivity contribution in [2.24, 2.45) is 0 Å². The van der Waals surface area contributed by atoms with Gasteiger partial charge in [-0.15, -0.1) is 0 Å². The maximum Gasteiger partial charge on any atom is 0.220 e. The molecule has 20 heavy (non-hydrogen) atoms. The number of benzene rings is 1. The van der Waals surface area contributed by atoms with Crippen LogP contribution >= 0.6 is 0 Å². The Balaban J connectivity index is 1.87. The molecule has 0 radical (unpaired) electrons. The summed E-state index contributed by atoms with van der Waals surface area (Å²) < 4.78 is 0. The van der Waals surface area contributed by atoms with Crippen LogP contribution in [0.5, 0.6) is 0 Å². The minimum atomic E-state index is -0.354. The van der Waals surface area contributed by atoms with Crippen LogP contribution in [0.15, 0.2) is 54.7 Å². The summed E-state index contributed by atoms with van der Waals surface area (Å²) in [5, 5.41) is 12.2. The van der Waals surface area contributed by atoms with Crippen LogP contribution in [-0.4, -0.2) is 22.6 Å². The Morgan fingerprint density at radius 1 is 1.15 bits per heavy atom. The topological polar surface area (TPSA) is 62.2 Å². The summed E-state index contributed by atoms with van der Waals surface area (Å²) in [5.41, 5.74) is 1.80. The lowest BCUT2D eigenvalue weighted by Crippen LogP contribution is -2.30. The third-order valence-corrected chi connectivity index (χ3v) is 3.05. The number of nitrogens with zero attached hydrogens (tertiary/aromatic N) is 1. The van der Waals surface area contributed by atoms with E-state index in [9.17, 15) is 9.90 Å². The number of aromatic nitrogens is 1. The SMILES string of the molecule is O=C(CCc1ccccn1)NC(CO)c1ccccc1. The number of pyridine rings is 1. The number of aliphatic hydroxyl groups is 1. The van der Waals surface area contributed by atoms with Crippen LogP contribution < -0.4 is 5.32 Å². The predicted octanol–water partition coefficient (Wildman–Crippen LogP) is 1.86. The molecule has 1 unspecified atom stereocenters. The number of hydrogen-bond acceptors (Lipinski definition) is 3. The van der Waals surface area contributed by atoms with Crippen molar-refractivity contribution < 1.29 is 9.90 Å². The summed E-state index contributed by atoms with van der Waals surface area (Å²) in [5.74, 6) is -0.0847. The third-order valence-electron chi connectivity index (χ3n) is 3.05. The minimum Gasteiger partial charge on any atom is -0.394 e. The Morgan fingerprint density at radius 3 is 2.55 bits per heavy atom. The number of nitrogens with one attached hydrogen (secondary N) is 1. The Labute approximate surface area is 118 Å².